The summed E-state index contributed by atoms with van der Waals surface area (Å²) in [5, 5.41) is 2.88. The Morgan fingerprint density at radius 1 is 1.40 bits per heavy atom. The lowest BCUT2D eigenvalue weighted by molar-refractivity contribution is -0.130. The first-order valence-corrected chi connectivity index (χ1v) is 7.41. The van der Waals surface area contributed by atoms with E-state index < -0.39 is 5.82 Å². The van der Waals surface area contributed by atoms with Crippen LogP contribution in [0.2, 0.25) is 5.02 Å². The highest BCUT2D eigenvalue weighted by Crippen LogP contribution is 2.23. The third-order valence-electron chi connectivity index (χ3n) is 3.90. The molecule has 0 spiro atoms. The minimum Gasteiger partial charge on any atom is -0.374 e. The zero-order chi connectivity index (χ0) is 14.5. The van der Waals surface area contributed by atoms with E-state index in [2.05, 4.69) is 5.32 Å². The molecule has 0 unspecified atom stereocenters. The summed E-state index contributed by atoms with van der Waals surface area (Å²) in [4.78, 5) is 13.9. The molecule has 3 nitrogen and oxygen atoms in total. The second-order valence-electron chi connectivity index (χ2n) is 5.25. The molecule has 1 aromatic rings. The standard InChI is InChI=1S/C15H20ClFN2O/c1-19(11-6-3-2-4-7-11)14(20)10-18-13-9-5-8-12(16)15(13)17/h5,8-9,11,18H,2-4,6-7,10H2,1H3. The summed E-state index contributed by atoms with van der Waals surface area (Å²) in [6.07, 6.45) is 5.74. The molecule has 0 aliphatic heterocycles. The predicted octanol–water partition coefficient (Wildman–Crippen LogP) is 3.68. The van der Waals surface area contributed by atoms with Gasteiger partial charge >= 0.3 is 0 Å². The van der Waals surface area contributed by atoms with Gasteiger partial charge < -0.3 is 10.2 Å². The molecule has 1 fully saturated rings. The fourth-order valence-corrected chi connectivity index (χ4v) is 2.78. The van der Waals surface area contributed by atoms with Crippen molar-refractivity contribution in [1.29, 1.82) is 0 Å². The summed E-state index contributed by atoms with van der Waals surface area (Å²) in [6, 6.07) is 5.04. The Labute approximate surface area is 124 Å². The Bertz CT molecular complexity index is 475. The smallest absolute Gasteiger partial charge is 0.241 e. The predicted molar refractivity (Wildman–Crippen MR) is 79.5 cm³/mol. The molecule has 20 heavy (non-hydrogen) atoms. The van der Waals surface area contributed by atoms with E-state index in [-0.39, 0.29) is 23.2 Å². The fourth-order valence-electron chi connectivity index (χ4n) is 2.61. The van der Waals surface area contributed by atoms with Crippen LogP contribution in [0.15, 0.2) is 18.2 Å². The van der Waals surface area contributed by atoms with Gasteiger partial charge in [-0.3, -0.25) is 4.79 Å². The highest BCUT2D eigenvalue weighted by molar-refractivity contribution is 6.31. The molecule has 1 N–H and O–H groups in total. The van der Waals surface area contributed by atoms with E-state index >= 15 is 0 Å². The van der Waals surface area contributed by atoms with Gasteiger partial charge in [0.25, 0.3) is 0 Å². The summed E-state index contributed by atoms with van der Waals surface area (Å²) < 4.78 is 13.7. The summed E-state index contributed by atoms with van der Waals surface area (Å²) >= 11 is 5.70. The van der Waals surface area contributed by atoms with Crippen LogP contribution in [-0.4, -0.2) is 30.4 Å². The normalized spacial score (nSPS) is 15.9. The van der Waals surface area contributed by atoms with Crippen molar-refractivity contribution in [2.75, 3.05) is 18.9 Å². The minimum absolute atomic E-state index is 0.0173. The Morgan fingerprint density at radius 2 is 2.10 bits per heavy atom. The molecule has 1 aromatic carbocycles. The van der Waals surface area contributed by atoms with Gasteiger partial charge in [0.2, 0.25) is 5.91 Å². The Morgan fingerprint density at radius 3 is 2.80 bits per heavy atom. The third kappa shape index (κ3) is 3.63. The third-order valence-corrected chi connectivity index (χ3v) is 4.19. The van der Waals surface area contributed by atoms with Crippen LogP contribution in [0.4, 0.5) is 10.1 Å². The molecule has 0 bridgehead atoms. The van der Waals surface area contributed by atoms with Gasteiger partial charge in [-0.05, 0) is 25.0 Å². The molecule has 0 aromatic heterocycles. The molecule has 1 saturated carbocycles. The lowest BCUT2D eigenvalue weighted by Crippen LogP contribution is -2.41. The van der Waals surface area contributed by atoms with Gasteiger partial charge in [0, 0.05) is 13.1 Å². The number of carbonyl (C=O) groups excluding carboxylic acids is 1. The molecular formula is C15H20ClFN2O. The average molecular weight is 299 g/mol. The van der Waals surface area contributed by atoms with Gasteiger partial charge in [0.1, 0.15) is 0 Å². The molecule has 1 aliphatic rings. The molecule has 0 heterocycles. The maximum absolute atomic E-state index is 13.7. The first kappa shape index (κ1) is 15.1. The van der Waals surface area contributed by atoms with E-state index in [1.807, 2.05) is 7.05 Å². The van der Waals surface area contributed by atoms with Gasteiger partial charge in [0.15, 0.2) is 5.82 Å². The molecule has 1 aliphatic carbocycles. The van der Waals surface area contributed by atoms with Crippen LogP contribution in [0, 0.1) is 5.82 Å². The van der Waals surface area contributed by atoms with Gasteiger partial charge in [-0.1, -0.05) is 36.9 Å². The number of benzene rings is 1. The van der Waals surface area contributed by atoms with E-state index in [1.54, 1.807) is 17.0 Å². The highest BCUT2D eigenvalue weighted by atomic mass is 35.5. The summed E-state index contributed by atoms with van der Waals surface area (Å²) in [5.74, 6) is -0.529. The van der Waals surface area contributed by atoms with Crippen molar-refractivity contribution >= 4 is 23.2 Å². The lowest BCUT2D eigenvalue weighted by atomic mass is 9.94. The van der Waals surface area contributed by atoms with Crippen LogP contribution >= 0.6 is 11.6 Å². The fraction of sp³-hybridized carbons (Fsp3) is 0.533. The number of likely N-dealkylation sites (N-methyl/N-ethyl adjacent to an activating group) is 1. The number of hydrogen-bond donors (Lipinski definition) is 1. The zero-order valence-electron chi connectivity index (χ0n) is 11.7. The molecule has 5 heteroatoms. The van der Waals surface area contributed by atoms with Crippen LogP contribution in [0.3, 0.4) is 0 Å². The maximum atomic E-state index is 13.7. The molecular weight excluding hydrogens is 279 g/mol. The van der Waals surface area contributed by atoms with Crippen LogP contribution in [0.1, 0.15) is 32.1 Å². The van der Waals surface area contributed by atoms with Crippen molar-refractivity contribution in [2.45, 2.75) is 38.1 Å². The number of carbonyl (C=O) groups is 1. The molecule has 0 atom stereocenters. The van der Waals surface area contributed by atoms with Crippen LogP contribution < -0.4 is 5.32 Å². The molecule has 110 valence electrons. The molecule has 2 rings (SSSR count). The van der Waals surface area contributed by atoms with E-state index in [1.165, 1.54) is 25.3 Å². The van der Waals surface area contributed by atoms with Crippen molar-refractivity contribution in [1.82, 2.24) is 4.90 Å². The first-order chi connectivity index (χ1) is 9.59. The van der Waals surface area contributed by atoms with Crippen molar-refractivity contribution < 1.29 is 9.18 Å². The number of hydrogen-bond acceptors (Lipinski definition) is 2. The van der Waals surface area contributed by atoms with Crippen molar-refractivity contribution in [3.63, 3.8) is 0 Å². The molecule has 1 amide bonds. The lowest BCUT2D eigenvalue weighted by Gasteiger charge is -2.31. The summed E-state index contributed by atoms with van der Waals surface area (Å²) in [5.41, 5.74) is 0.267. The topological polar surface area (TPSA) is 32.3 Å². The molecule has 0 radical (unpaired) electrons. The Kier molecular flexibility index (Phi) is 5.24. The Hall–Kier alpha value is -1.29. The van der Waals surface area contributed by atoms with Crippen molar-refractivity contribution in [2.24, 2.45) is 0 Å². The highest BCUT2D eigenvalue weighted by Gasteiger charge is 2.21. The Balaban J connectivity index is 1.89. The number of amides is 1. The van der Waals surface area contributed by atoms with Crippen LogP contribution in [0.5, 0.6) is 0 Å². The SMILES string of the molecule is CN(C(=O)CNc1cccc(Cl)c1F)C1CCCCC1. The summed E-state index contributed by atoms with van der Waals surface area (Å²) in [7, 11) is 1.83. The van der Waals surface area contributed by atoms with Crippen molar-refractivity contribution in [3.8, 4) is 0 Å². The van der Waals surface area contributed by atoms with Gasteiger partial charge in [-0.2, -0.15) is 0 Å². The number of anilines is 1. The van der Waals surface area contributed by atoms with Crippen LogP contribution in [0.25, 0.3) is 0 Å². The number of halogens is 2. The van der Waals surface area contributed by atoms with Crippen LogP contribution in [-0.2, 0) is 4.79 Å². The van der Waals surface area contributed by atoms with E-state index in [4.69, 9.17) is 11.6 Å². The quantitative estimate of drug-likeness (QED) is 0.919. The van der Waals surface area contributed by atoms with Gasteiger partial charge in [-0.25, -0.2) is 4.39 Å². The number of nitrogens with one attached hydrogen (secondary N) is 1. The van der Waals surface area contributed by atoms with Crippen molar-refractivity contribution in [3.05, 3.63) is 29.0 Å². The second-order valence-corrected chi connectivity index (χ2v) is 5.66. The van der Waals surface area contributed by atoms with Gasteiger partial charge in [0.05, 0.1) is 17.3 Å². The maximum Gasteiger partial charge on any atom is 0.241 e. The molecule has 0 saturated heterocycles. The minimum atomic E-state index is -0.512. The second kappa shape index (κ2) is 6.93. The van der Waals surface area contributed by atoms with E-state index in [0.717, 1.165) is 12.8 Å². The first-order valence-electron chi connectivity index (χ1n) is 7.03. The van der Waals surface area contributed by atoms with E-state index in [9.17, 15) is 9.18 Å². The monoisotopic (exact) mass is 298 g/mol. The zero-order valence-corrected chi connectivity index (χ0v) is 12.4. The van der Waals surface area contributed by atoms with E-state index in [0.29, 0.717) is 6.04 Å². The van der Waals surface area contributed by atoms with Gasteiger partial charge in [-0.15, -0.1) is 0 Å². The number of rotatable bonds is 4. The number of nitrogens with zero attached hydrogens (tertiary/aromatic N) is 1. The average Bonchev–Trinajstić information content (AvgIpc) is 2.48. The summed E-state index contributed by atoms with van der Waals surface area (Å²) in [6.45, 7) is 0.0876. The largest absolute Gasteiger partial charge is 0.374 e.